The molecular formula is C11H20N4O2S. The molecule has 0 atom stereocenters. The minimum Gasteiger partial charge on any atom is -0.330 e. The van der Waals surface area contributed by atoms with E-state index in [1.165, 1.54) is 12.6 Å². The fourth-order valence-corrected chi connectivity index (χ4v) is 2.93. The van der Waals surface area contributed by atoms with Gasteiger partial charge in [0, 0.05) is 19.3 Å². The second-order valence-electron chi connectivity index (χ2n) is 4.73. The molecule has 1 aromatic heterocycles. The summed E-state index contributed by atoms with van der Waals surface area (Å²) in [6.07, 6.45) is 7.19. The van der Waals surface area contributed by atoms with E-state index in [4.69, 9.17) is 5.73 Å². The van der Waals surface area contributed by atoms with Crippen LogP contribution in [0.1, 0.15) is 25.7 Å². The highest BCUT2D eigenvalue weighted by Gasteiger charge is 2.22. The predicted octanol–water partition coefficient (Wildman–Crippen LogP) is 0.310. The van der Waals surface area contributed by atoms with Crippen molar-refractivity contribution in [2.45, 2.75) is 37.1 Å². The molecule has 0 radical (unpaired) electrons. The maximum Gasteiger partial charge on any atom is 0.243 e. The molecule has 7 heteroatoms. The van der Waals surface area contributed by atoms with Gasteiger partial charge < -0.3 is 5.73 Å². The van der Waals surface area contributed by atoms with Crippen LogP contribution in [0.3, 0.4) is 0 Å². The molecule has 0 unspecified atom stereocenters. The summed E-state index contributed by atoms with van der Waals surface area (Å²) >= 11 is 0. The monoisotopic (exact) mass is 272 g/mol. The molecule has 6 nitrogen and oxygen atoms in total. The molecule has 0 bridgehead atoms. The van der Waals surface area contributed by atoms with Crippen molar-refractivity contribution in [3.05, 3.63) is 12.4 Å². The van der Waals surface area contributed by atoms with Gasteiger partial charge in [-0.1, -0.05) is 6.42 Å². The van der Waals surface area contributed by atoms with Crippen LogP contribution >= 0.6 is 0 Å². The number of sulfonamides is 1. The van der Waals surface area contributed by atoms with Gasteiger partial charge in [-0.25, -0.2) is 13.1 Å². The van der Waals surface area contributed by atoms with Crippen molar-refractivity contribution in [3.63, 3.8) is 0 Å². The molecule has 1 fully saturated rings. The molecule has 0 aromatic carbocycles. The second kappa shape index (κ2) is 5.81. The number of nitrogens with zero attached hydrogens (tertiary/aromatic N) is 2. The highest BCUT2D eigenvalue weighted by molar-refractivity contribution is 7.89. The topological polar surface area (TPSA) is 90.0 Å². The summed E-state index contributed by atoms with van der Waals surface area (Å²) < 4.78 is 28.2. The van der Waals surface area contributed by atoms with Gasteiger partial charge in [0.1, 0.15) is 4.90 Å². The van der Waals surface area contributed by atoms with Crippen molar-refractivity contribution in [1.29, 1.82) is 0 Å². The van der Waals surface area contributed by atoms with E-state index < -0.39 is 10.0 Å². The van der Waals surface area contributed by atoms with E-state index >= 15 is 0 Å². The van der Waals surface area contributed by atoms with E-state index in [2.05, 4.69) is 9.82 Å². The maximum atomic E-state index is 12.0. The molecule has 2 rings (SSSR count). The molecule has 18 heavy (non-hydrogen) atoms. The molecular weight excluding hydrogens is 252 g/mol. The normalized spacial score (nSPS) is 16.7. The first-order valence-electron chi connectivity index (χ1n) is 6.34. The summed E-state index contributed by atoms with van der Waals surface area (Å²) in [6, 6.07) is 0. The zero-order chi connectivity index (χ0) is 13.0. The molecule has 1 heterocycles. The lowest BCUT2D eigenvalue weighted by molar-refractivity contribution is 0.316. The molecule has 102 valence electrons. The van der Waals surface area contributed by atoms with Gasteiger partial charge in [0.2, 0.25) is 10.0 Å². The van der Waals surface area contributed by atoms with Crippen LogP contribution in [0, 0.1) is 5.92 Å². The number of nitrogens with two attached hydrogens (primary N) is 1. The van der Waals surface area contributed by atoms with Crippen LogP contribution in [0.4, 0.5) is 0 Å². The van der Waals surface area contributed by atoms with Crippen molar-refractivity contribution < 1.29 is 8.42 Å². The Morgan fingerprint density at radius 3 is 2.89 bits per heavy atom. The van der Waals surface area contributed by atoms with Gasteiger partial charge in [0.15, 0.2) is 0 Å². The molecule has 0 spiro atoms. The number of rotatable bonds is 7. The Balaban J connectivity index is 1.93. The summed E-state index contributed by atoms with van der Waals surface area (Å²) in [5.74, 6) is 0.507. The van der Waals surface area contributed by atoms with Gasteiger partial charge >= 0.3 is 0 Å². The van der Waals surface area contributed by atoms with Gasteiger partial charge in [-0.15, -0.1) is 0 Å². The Morgan fingerprint density at radius 1 is 1.50 bits per heavy atom. The maximum absolute atomic E-state index is 12.0. The van der Waals surface area contributed by atoms with Gasteiger partial charge in [0.05, 0.1) is 6.20 Å². The zero-order valence-electron chi connectivity index (χ0n) is 10.4. The van der Waals surface area contributed by atoms with Crippen molar-refractivity contribution in [2.24, 2.45) is 11.7 Å². The number of hydrogen-bond donors (Lipinski definition) is 2. The van der Waals surface area contributed by atoms with Crippen LogP contribution in [0.5, 0.6) is 0 Å². The second-order valence-corrected chi connectivity index (χ2v) is 6.50. The van der Waals surface area contributed by atoms with E-state index in [0.29, 0.717) is 25.6 Å². The number of nitrogens with one attached hydrogen (secondary N) is 1. The van der Waals surface area contributed by atoms with Crippen LogP contribution in [-0.4, -0.2) is 31.3 Å². The third-order valence-corrected chi connectivity index (χ3v) is 4.68. The summed E-state index contributed by atoms with van der Waals surface area (Å²) in [5, 5.41) is 4.02. The van der Waals surface area contributed by atoms with Crippen LogP contribution in [0.15, 0.2) is 17.3 Å². The largest absolute Gasteiger partial charge is 0.330 e. The Hall–Kier alpha value is -0.920. The van der Waals surface area contributed by atoms with Crippen LogP contribution in [0.2, 0.25) is 0 Å². The SMILES string of the molecule is NCCCn1cc(S(=O)(=O)NCC2CCC2)cn1. The fraction of sp³-hybridized carbons (Fsp3) is 0.727. The number of aromatic nitrogens is 2. The number of hydrogen-bond acceptors (Lipinski definition) is 4. The van der Waals surface area contributed by atoms with Gasteiger partial charge in [-0.05, 0) is 31.7 Å². The molecule has 1 aromatic rings. The Morgan fingerprint density at radius 2 is 2.28 bits per heavy atom. The summed E-state index contributed by atoms with van der Waals surface area (Å²) in [4.78, 5) is 0.235. The van der Waals surface area contributed by atoms with Crippen LogP contribution < -0.4 is 10.5 Å². The standard InChI is InChI=1S/C11H20N4O2S/c12-5-2-6-15-9-11(8-13-15)18(16,17)14-7-10-3-1-4-10/h8-10,14H,1-7,12H2. The average Bonchev–Trinajstić information content (AvgIpc) is 2.73. The molecule has 1 aliphatic rings. The van der Waals surface area contributed by atoms with E-state index in [0.717, 1.165) is 19.3 Å². The summed E-state index contributed by atoms with van der Waals surface area (Å²) in [6.45, 7) is 1.76. The first-order chi connectivity index (χ1) is 8.62. The van der Waals surface area contributed by atoms with E-state index in [-0.39, 0.29) is 4.90 Å². The third-order valence-electron chi connectivity index (χ3n) is 3.30. The highest BCUT2D eigenvalue weighted by Crippen LogP contribution is 2.25. The molecule has 1 saturated carbocycles. The first-order valence-corrected chi connectivity index (χ1v) is 7.82. The molecule has 1 aliphatic carbocycles. The Kier molecular flexibility index (Phi) is 4.36. The first kappa shape index (κ1) is 13.5. The van der Waals surface area contributed by atoms with E-state index in [9.17, 15) is 8.42 Å². The van der Waals surface area contributed by atoms with Crippen LogP contribution in [0.25, 0.3) is 0 Å². The summed E-state index contributed by atoms with van der Waals surface area (Å²) in [5.41, 5.74) is 5.40. The number of aryl methyl sites for hydroxylation is 1. The van der Waals surface area contributed by atoms with Crippen molar-refractivity contribution in [2.75, 3.05) is 13.1 Å². The lowest BCUT2D eigenvalue weighted by atomic mass is 9.86. The minimum absolute atomic E-state index is 0.235. The minimum atomic E-state index is -3.40. The molecule has 0 saturated heterocycles. The predicted molar refractivity (Wildman–Crippen MR) is 68.4 cm³/mol. The fourth-order valence-electron chi connectivity index (χ4n) is 1.87. The average molecular weight is 272 g/mol. The third kappa shape index (κ3) is 3.30. The van der Waals surface area contributed by atoms with E-state index in [1.807, 2.05) is 0 Å². The lowest BCUT2D eigenvalue weighted by Crippen LogP contribution is -2.32. The van der Waals surface area contributed by atoms with Gasteiger partial charge in [0.25, 0.3) is 0 Å². The van der Waals surface area contributed by atoms with E-state index in [1.54, 1.807) is 10.9 Å². The van der Waals surface area contributed by atoms with Crippen molar-refractivity contribution in [3.8, 4) is 0 Å². The molecule has 3 N–H and O–H groups in total. The Labute approximate surface area is 108 Å². The summed E-state index contributed by atoms with van der Waals surface area (Å²) in [7, 11) is -3.40. The van der Waals surface area contributed by atoms with Crippen LogP contribution in [-0.2, 0) is 16.6 Å². The van der Waals surface area contributed by atoms with Gasteiger partial charge in [-0.3, -0.25) is 4.68 Å². The van der Waals surface area contributed by atoms with Crippen molar-refractivity contribution >= 4 is 10.0 Å². The Bertz CT molecular complexity index is 479. The smallest absolute Gasteiger partial charge is 0.243 e. The quantitative estimate of drug-likeness (QED) is 0.747. The van der Waals surface area contributed by atoms with Crippen molar-refractivity contribution in [1.82, 2.24) is 14.5 Å². The zero-order valence-corrected chi connectivity index (χ0v) is 11.2. The lowest BCUT2D eigenvalue weighted by Gasteiger charge is -2.25. The highest BCUT2D eigenvalue weighted by atomic mass is 32.2. The van der Waals surface area contributed by atoms with Gasteiger partial charge in [-0.2, -0.15) is 5.10 Å². The molecule has 0 aliphatic heterocycles. The molecule has 0 amide bonds.